The second-order valence-electron chi connectivity index (χ2n) is 5.02. The van der Waals surface area contributed by atoms with Gasteiger partial charge in [-0.05, 0) is 59.7 Å². The van der Waals surface area contributed by atoms with Gasteiger partial charge in [-0.3, -0.25) is 0 Å². The predicted octanol–water partition coefficient (Wildman–Crippen LogP) is 4.80. The molecule has 0 aliphatic heterocycles. The van der Waals surface area contributed by atoms with E-state index in [1.165, 1.54) is 39.0 Å². The number of allylic oxidation sites excluding steroid dienone is 2. The van der Waals surface area contributed by atoms with Crippen LogP contribution in [0.15, 0.2) is 42.5 Å². The Labute approximate surface area is 109 Å². The summed E-state index contributed by atoms with van der Waals surface area (Å²) in [6.07, 6.45) is 2.31. The normalized spacial score (nSPS) is 13.9. The van der Waals surface area contributed by atoms with Crippen LogP contribution in [0.5, 0.6) is 0 Å². The maximum atomic E-state index is 2.31. The lowest BCUT2D eigenvalue weighted by molar-refractivity contribution is 1.30. The topological polar surface area (TPSA) is 0 Å². The Kier molecular flexibility index (Phi) is 2.59. The van der Waals surface area contributed by atoms with E-state index < -0.39 is 0 Å². The maximum Gasteiger partial charge on any atom is 0.0214 e. The molecule has 0 bridgehead atoms. The molecular formula is C18H17. The molecule has 0 atom stereocenters. The van der Waals surface area contributed by atoms with E-state index in [0.29, 0.717) is 0 Å². The molecule has 0 aromatic heterocycles. The van der Waals surface area contributed by atoms with Gasteiger partial charge in [0, 0.05) is 6.42 Å². The van der Waals surface area contributed by atoms with E-state index in [4.69, 9.17) is 0 Å². The molecule has 2 aromatic rings. The third-order valence-electron chi connectivity index (χ3n) is 3.93. The van der Waals surface area contributed by atoms with Gasteiger partial charge in [-0.1, -0.05) is 42.5 Å². The van der Waals surface area contributed by atoms with Crippen molar-refractivity contribution in [2.75, 3.05) is 0 Å². The first-order valence-electron chi connectivity index (χ1n) is 6.40. The molecule has 0 heterocycles. The molecule has 89 valence electrons. The Hall–Kier alpha value is -1.82. The van der Waals surface area contributed by atoms with Crippen LogP contribution in [-0.4, -0.2) is 0 Å². The fourth-order valence-corrected chi connectivity index (χ4v) is 2.77. The molecule has 3 rings (SSSR count). The van der Waals surface area contributed by atoms with Gasteiger partial charge in [0.05, 0.1) is 0 Å². The molecule has 0 saturated heterocycles. The molecule has 1 aliphatic rings. The Morgan fingerprint density at radius 1 is 0.778 bits per heavy atom. The number of benzene rings is 2. The van der Waals surface area contributed by atoms with Gasteiger partial charge in [0.2, 0.25) is 0 Å². The second kappa shape index (κ2) is 4.13. The maximum absolute atomic E-state index is 2.31. The average molecular weight is 233 g/mol. The molecular weight excluding hydrogens is 216 g/mol. The van der Waals surface area contributed by atoms with Crippen molar-refractivity contribution in [2.45, 2.75) is 20.8 Å². The molecule has 0 spiro atoms. The van der Waals surface area contributed by atoms with Crippen molar-refractivity contribution >= 4 is 11.1 Å². The lowest BCUT2D eigenvalue weighted by Gasteiger charge is -2.08. The summed E-state index contributed by atoms with van der Waals surface area (Å²) < 4.78 is 0. The number of rotatable bonds is 1. The van der Waals surface area contributed by atoms with Crippen molar-refractivity contribution in [1.82, 2.24) is 0 Å². The molecule has 0 fully saturated rings. The summed E-state index contributed by atoms with van der Waals surface area (Å²) in [7, 11) is 0. The van der Waals surface area contributed by atoms with Crippen molar-refractivity contribution in [3.8, 4) is 0 Å². The summed E-state index contributed by atoms with van der Waals surface area (Å²) in [4.78, 5) is 0. The summed E-state index contributed by atoms with van der Waals surface area (Å²) in [6.45, 7) is 6.64. The lowest BCUT2D eigenvalue weighted by atomic mass is 9.96. The van der Waals surface area contributed by atoms with Gasteiger partial charge in [0.25, 0.3) is 0 Å². The second-order valence-corrected chi connectivity index (χ2v) is 5.02. The first-order valence-corrected chi connectivity index (χ1v) is 6.40. The average Bonchev–Trinajstić information content (AvgIpc) is 2.73. The zero-order chi connectivity index (χ0) is 12.7. The van der Waals surface area contributed by atoms with E-state index in [9.17, 15) is 0 Å². The Morgan fingerprint density at radius 3 is 2.22 bits per heavy atom. The minimum Gasteiger partial charge on any atom is -0.0622 e. The van der Waals surface area contributed by atoms with Crippen molar-refractivity contribution in [3.63, 3.8) is 0 Å². The van der Waals surface area contributed by atoms with E-state index in [1.54, 1.807) is 0 Å². The fourth-order valence-electron chi connectivity index (χ4n) is 2.77. The van der Waals surface area contributed by atoms with Crippen LogP contribution in [0.3, 0.4) is 0 Å². The van der Waals surface area contributed by atoms with Gasteiger partial charge in [-0.2, -0.15) is 0 Å². The smallest absolute Gasteiger partial charge is 0.0214 e. The van der Waals surface area contributed by atoms with Crippen LogP contribution in [0.1, 0.15) is 34.7 Å². The van der Waals surface area contributed by atoms with Crippen LogP contribution in [0.4, 0.5) is 0 Å². The highest BCUT2D eigenvalue weighted by atomic mass is 14.3. The van der Waals surface area contributed by atoms with Gasteiger partial charge >= 0.3 is 0 Å². The zero-order valence-electron chi connectivity index (χ0n) is 11.1. The van der Waals surface area contributed by atoms with Gasteiger partial charge in [0.15, 0.2) is 0 Å². The van der Waals surface area contributed by atoms with Crippen LogP contribution in [0.2, 0.25) is 0 Å². The molecule has 0 amide bonds. The highest BCUT2D eigenvalue weighted by molar-refractivity contribution is 6.02. The molecule has 0 N–H and O–H groups in total. The Bertz CT molecular complexity index is 631. The van der Waals surface area contributed by atoms with Crippen LogP contribution in [0.25, 0.3) is 11.1 Å². The molecule has 0 saturated carbocycles. The first-order chi connectivity index (χ1) is 8.68. The molecule has 0 unspecified atom stereocenters. The highest BCUT2D eigenvalue weighted by Gasteiger charge is 2.21. The SMILES string of the molecule is CC1=C(c2ccccc2)[CH]c2ccc(C)c(C)c21. The van der Waals surface area contributed by atoms with Gasteiger partial charge in [-0.15, -0.1) is 0 Å². The van der Waals surface area contributed by atoms with E-state index in [1.807, 2.05) is 0 Å². The molecule has 0 heteroatoms. The Morgan fingerprint density at radius 2 is 1.50 bits per heavy atom. The van der Waals surface area contributed by atoms with Crippen LogP contribution in [0, 0.1) is 20.3 Å². The molecule has 18 heavy (non-hydrogen) atoms. The lowest BCUT2D eigenvalue weighted by Crippen LogP contribution is -1.90. The van der Waals surface area contributed by atoms with Gasteiger partial charge in [-0.25, -0.2) is 0 Å². The number of hydrogen-bond acceptors (Lipinski definition) is 0. The van der Waals surface area contributed by atoms with Crippen molar-refractivity contribution in [2.24, 2.45) is 0 Å². The molecule has 0 nitrogen and oxygen atoms in total. The van der Waals surface area contributed by atoms with Gasteiger partial charge < -0.3 is 0 Å². The van der Waals surface area contributed by atoms with Crippen LogP contribution in [-0.2, 0) is 0 Å². The van der Waals surface area contributed by atoms with E-state index in [-0.39, 0.29) is 0 Å². The molecule has 2 aromatic carbocycles. The van der Waals surface area contributed by atoms with Crippen LogP contribution >= 0.6 is 0 Å². The molecule has 1 aliphatic carbocycles. The summed E-state index contributed by atoms with van der Waals surface area (Å²) in [5.74, 6) is 0. The largest absolute Gasteiger partial charge is 0.0622 e. The third kappa shape index (κ3) is 1.60. The minimum absolute atomic E-state index is 1.31. The van der Waals surface area contributed by atoms with E-state index in [0.717, 1.165) is 0 Å². The van der Waals surface area contributed by atoms with Crippen molar-refractivity contribution in [3.05, 3.63) is 76.7 Å². The standard InChI is InChI=1S/C18H17/c1-12-9-10-16-11-17(14(3)18(16)13(12)2)15-7-5-4-6-8-15/h4-11H,1-3H3. The predicted molar refractivity (Wildman–Crippen MR) is 78.2 cm³/mol. The molecule has 1 radical (unpaired) electrons. The first kappa shape index (κ1) is 11.3. The van der Waals surface area contributed by atoms with Gasteiger partial charge in [0.1, 0.15) is 0 Å². The zero-order valence-corrected chi connectivity index (χ0v) is 11.1. The highest BCUT2D eigenvalue weighted by Crippen LogP contribution is 2.41. The number of hydrogen-bond donors (Lipinski definition) is 0. The summed E-state index contributed by atoms with van der Waals surface area (Å²) in [6, 6.07) is 15.1. The minimum atomic E-state index is 1.31. The number of aryl methyl sites for hydroxylation is 1. The fraction of sp³-hybridized carbons (Fsp3) is 0.167. The quantitative estimate of drug-likeness (QED) is 0.663. The summed E-state index contributed by atoms with van der Waals surface area (Å²) in [5, 5.41) is 0. The summed E-state index contributed by atoms with van der Waals surface area (Å²) >= 11 is 0. The van der Waals surface area contributed by atoms with Crippen LogP contribution < -0.4 is 0 Å². The Balaban J connectivity index is 2.17. The van der Waals surface area contributed by atoms with Crippen molar-refractivity contribution in [1.29, 1.82) is 0 Å². The van der Waals surface area contributed by atoms with Crippen molar-refractivity contribution < 1.29 is 0 Å². The number of fused-ring (bicyclic) bond motifs is 1. The monoisotopic (exact) mass is 233 g/mol. The van der Waals surface area contributed by atoms with E-state index in [2.05, 4.69) is 69.7 Å². The third-order valence-corrected chi connectivity index (χ3v) is 3.93. The summed E-state index contributed by atoms with van der Waals surface area (Å²) in [5.41, 5.74) is 9.63. The van der Waals surface area contributed by atoms with E-state index >= 15 is 0 Å².